The molecule has 0 amide bonds. The zero-order valence-electron chi connectivity index (χ0n) is 11.9. The van der Waals surface area contributed by atoms with E-state index in [1.807, 2.05) is 24.4 Å². The molecule has 3 aromatic rings. The third kappa shape index (κ3) is 2.46. The van der Waals surface area contributed by atoms with E-state index in [1.165, 1.54) is 10.6 Å². The van der Waals surface area contributed by atoms with Crippen molar-refractivity contribution in [1.82, 2.24) is 19.7 Å². The monoisotopic (exact) mass is 286 g/mol. The molecule has 0 bridgehead atoms. The minimum absolute atomic E-state index is 0.223. The van der Waals surface area contributed by atoms with Gasteiger partial charge in [0.05, 0.1) is 17.1 Å². The van der Waals surface area contributed by atoms with Gasteiger partial charge in [0.15, 0.2) is 4.96 Å². The maximum atomic E-state index is 4.61. The lowest BCUT2D eigenvalue weighted by molar-refractivity contribution is 0.552. The van der Waals surface area contributed by atoms with E-state index < -0.39 is 0 Å². The molecule has 3 aromatic heterocycles. The van der Waals surface area contributed by atoms with Crippen LogP contribution in [0, 0.1) is 13.8 Å². The molecular weight excluding hydrogens is 268 g/mol. The Labute approximate surface area is 122 Å². The Bertz CT molecular complexity index is 714. The second-order valence-corrected chi connectivity index (χ2v) is 6.21. The predicted octanol–water partition coefficient (Wildman–Crippen LogP) is 3.26. The third-order valence-corrected chi connectivity index (χ3v) is 4.35. The molecule has 0 aliphatic heterocycles. The van der Waals surface area contributed by atoms with Gasteiger partial charge in [-0.25, -0.2) is 4.98 Å². The van der Waals surface area contributed by atoms with Crippen LogP contribution in [0.1, 0.15) is 34.9 Å². The summed E-state index contributed by atoms with van der Waals surface area (Å²) in [6.07, 6.45) is 3.99. The Morgan fingerprint density at radius 2 is 2.20 bits per heavy atom. The second kappa shape index (κ2) is 5.34. The van der Waals surface area contributed by atoms with Gasteiger partial charge in [0.25, 0.3) is 0 Å². The van der Waals surface area contributed by atoms with E-state index in [2.05, 4.69) is 46.7 Å². The molecule has 1 atom stereocenters. The summed E-state index contributed by atoms with van der Waals surface area (Å²) in [5.41, 5.74) is 3.39. The minimum atomic E-state index is 0.223. The van der Waals surface area contributed by atoms with Crippen LogP contribution in [0.25, 0.3) is 4.96 Å². The number of aromatic nitrogens is 3. The van der Waals surface area contributed by atoms with Crippen LogP contribution in [0.15, 0.2) is 30.6 Å². The maximum absolute atomic E-state index is 4.61. The summed E-state index contributed by atoms with van der Waals surface area (Å²) in [4.78, 5) is 11.4. The van der Waals surface area contributed by atoms with Crippen LogP contribution in [0.3, 0.4) is 0 Å². The number of hydrogen-bond acceptors (Lipinski definition) is 4. The Hall–Kier alpha value is -1.72. The molecule has 0 fully saturated rings. The average Bonchev–Trinajstić information content (AvgIpc) is 2.92. The molecule has 0 unspecified atom stereocenters. The van der Waals surface area contributed by atoms with Crippen molar-refractivity contribution in [3.8, 4) is 0 Å². The van der Waals surface area contributed by atoms with Crippen LogP contribution in [-0.2, 0) is 6.54 Å². The molecule has 20 heavy (non-hydrogen) atoms. The first-order valence-corrected chi connectivity index (χ1v) is 7.55. The van der Waals surface area contributed by atoms with Gasteiger partial charge in [0.1, 0.15) is 0 Å². The van der Waals surface area contributed by atoms with Crippen LogP contribution >= 0.6 is 11.3 Å². The highest BCUT2D eigenvalue weighted by Crippen LogP contribution is 2.21. The molecule has 0 aromatic carbocycles. The molecule has 0 aliphatic carbocycles. The molecule has 104 valence electrons. The van der Waals surface area contributed by atoms with Crippen molar-refractivity contribution >= 4 is 16.3 Å². The molecule has 1 N–H and O–H groups in total. The summed E-state index contributed by atoms with van der Waals surface area (Å²) in [5.74, 6) is 0. The van der Waals surface area contributed by atoms with Crippen molar-refractivity contribution in [2.45, 2.75) is 33.4 Å². The van der Waals surface area contributed by atoms with E-state index in [0.717, 1.165) is 22.9 Å². The summed E-state index contributed by atoms with van der Waals surface area (Å²) >= 11 is 1.73. The summed E-state index contributed by atoms with van der Waals surface area (Å²) in [6.45, 7) is 7.11. The number of aryl methyl sites for hydroxylation is 2. The standard InChI is InChI=1S/C15H18N4S/c1-10-9-19-14(12(3)18-15(19)20-10)8-17-11(2)13-6-4-5-7-16-13/h4-7,9,11,17H,8H2,1-3H3/t11-/m0/s1. The van der Waals surface area contributed by atoms with Crippen molar-refractivity contribution < 1.29 is 0 Å². The molecule has 0 saturated carbocycles. The van der Waals surface area contributed by atoms with Gasteiger partial charge in [-0.3, -0.25) is 9.38 Å². The fourth-order valence-corrected chi connectivity index (χ4v) is 3.20. The number of hydrogen-bond donors (Lipinski definition) is 1. The van der Waals surface area contributed by atoms with Crippen molar-refractivity contribution in [1.29, 1.82) is 0 Å². The van der Waals surface area contributed by atoms with Gasteiger partial charge < -0.3 is 5.32 Å². The second-order valence-electron chi connectivity index (χ2n) is 5.00. The topological polar surface area (TPSA) is 42.2 Å². The third-order valence-electron chi connectivity index (χ3n) is 3.45. The van der Waals surface area contributed by atoms with E-state index in [1.54, 1.807) is 11.3 Å². The summed E-state index contributed by atoms with van der Waals surface area (Å²) in [5, 5.41) is 3.52. The number of pyridine rings is 1. The number of rotatable bonds is 4. The Morgan fingerprint density at radius 1 is 1.35 bits per heavy atom. The fourth-order valence-electron chi connectivity index (χ4n) is 2.31. The van der Waals surface area contributed by atoms with E-state index >= 15 is 0 Å². The van der Waals surface area contributed by atoms with E-state index in [4.69, 9.17) is 0 Å². The quantitative estimate of drug-likeness (QED) is 0.800. The molecule has 0 saturated heterocycles. The molecule has 4 nitrogen and oxygen atoms in total. The van der Waals surface area contributed by atoms with Crippen LogP contribution in [0.4, 0.5) is 0 Å². The molecule has 0 radical (unpaired) electrons. The van der Waals surface area contributed by atoms with Crippen molar-refractivity contribution in [2.24, 2.45) is 0 Å². The number of imidazole rings is 1. The normalized spacial score (nSPS) is 12.9. The van der Waals surface area contributed by atoms with Gasteiger partial charge in [0.2, 0.25) is 0 Å². The van der Waals surface area contributed by atoms with Crippen molar-refractivity contribution in [3.63, 3.8) is 0 Å². The van der Waals surface area contributed by atoms with E-state index in [9.17, 15) is 0 Å². The maximum Gasteiger partial charge on any atom is 0.194 e. The van der Waals surface area contributed by atoms with Gasteiger partial charge in [0, 0.05) is 29.9 Å². The summed E-state index contributed by atoms with van der Waals surface area (Å²) in [6, 6.07) is 6.23. The van der Waals surface area contributed by atoms with Crippen LogP contribution < -0.4 is 5.32 Å². The number of nitrogens with zero attached hydrogens (tertiary/aromatic N) is 3. The smallest absolute Gasteiger partial charge is 0.194 e. The van der Waals surface area contributed by atoms with Crippen LogP contribution in [0.2, 0.25) is 0 Å². The molecular formula is C15H18N4S. The summed E-state index contributed by atoms with van der Waals surface area (Å²) in [7, 11) is 0. The molecule has 5 heteroatoms. The first-order valence-electron chi connectivity index (χ1n) is 6.73. The number of thiazole rings is 1. The highest BCUT2D eigenvalue weighted by molar-refractivity contribution is 7.17. The van der Waals surface area contributed by atoms with E-state index in [0.29, 0.717) is 0 Å². The van der Waals surface area contributed by atoms with Gasteiger partial charge in [-0.2, -0.15) is 0 Å². The summed E-state index contributed by atoms with van der Waals surface area (Å²) < 4.78 is 2.19. The van der Waals surface area contributed by atoms with Crippen LogP contribution in [-0.4, -0.2) is 14.4 Å². The number of nitrogens with one attached hydrogen (secondary N) is 1. The Morgan fingerprint density at radius 3 is 2.95 bits per heavy atom. The zero-order chi connectivity index (χ0) is 14.1. The average molecular weight is 286 g/mol. The molecule has 0 aliphatic rings. The lowest BCUT2D eigenvalue weighted by Gasteiger charge is -2.13. The largest absolute Gasteiger partial charge is 0.303 e. The highest BCUT2D eigenvalue weighted by Gasteiger charge is 2.12. The number of fused-ring (bicyclic) bond motifs is 1. The lowest BCUT2D eigenvalue weighted by Crippen LogP contribution is -2.20. The van der Waals surface area contributed by atoms with Gasteiger partial charge in [-0.1, -0.05) is 6.07 Å². The Balaban J connectivity index is 1.78. The zero-order valence-corrected chi connectivity index (χ0v) is 12.7. The van der Waals surface area contributed by atoms with Crippen molar-refractivity contribution in [3.05, 3.63) is 52.6 Å². The molecule has 3 rings (SSSR count). The van der Waals surface area contributed by atoms with Gasteiger partial charge in [-0.15, -0.1) is 11.3 Å². The van der Waals surface area contributed by atoms with Gasteiger partial charge in [-0.05, 0) is 32.9 Å². The first-order chi connectivity index (χ1) is 9.65. The SMILES string of the molecule is Cc1cn2c(CN[C@@H](C)c3ccccn3)c(C)nc2s1. The molecule has 0 spiro atoms. The Kier molecular flexibility index (Phi) is 3.54. The fraction of sp³-hybridized carbons (Fsp3) is 0.333. The highest BCUT2D eigenvalue weighted by atomic mass is 32.1. The first kappa shape index (κ1) is 13.3. The minimum Gasteiger partial charge on any atom is -0.303 e. The van der Waals surface area contributed by atoms with E-state index in [-0.39, 0.29) is 6.04 Å². The van der Waals surface area contributed by atoms with Crippen LogP contribution in [0.5, 0.6) is 0 Å². The van der Waals surface area contributed by atoms with Gasteiger partial charge >= 0.3 is 0 Å². The molecule has 3 heterocycles. The predicted molar refractivity (Wildman–Crippen MR) is 82.0 cm³/mol. The lowest BCUT2D eigenvalue weighted by atomic mass is 10.2. The van der Waals surface area contributed by atoms with Crippen molar-refractivity contribution in [2.75, 3.05) is 0 Å².